The van der Waals surface area contributed by atoms with E-state index >= 15 is 0 Å². The van der Waals surface area contributed by atoms with Crippen LogP contribution in [0.4, 0.5) is 10.1 Å². The predicted octanol–water partition coefficient (Wildman–Crippen LogP) is 6.18. The molecule has 9 atom stereocenters. The van der Waals surface area contributed by atoms with Crippen LogP contribution in [0.25, 0.3) is 10.8 Å². The van der Waals surface area contributed by atoms with Gasteiger partial charge in [0.15, 0.2) is 5.75 Å². The lowest BCUT2D eigenvalue weighted by atomic mass is 9.78. The molecular formula is C45H55FN2O12. The molecule has 324 valence electrons. The van der Waals surface area contributed by atoms with Crippen LogP contribution in [0.5, 0.6) is 23.0 Å². The van der Waals surface area contributed by atoms with E-state index in [0.29, 0.717) is 5.56 Å². The number of allylic oxidation sites excluding steroid dienone is 2. The van der Waals surface area contributed by atoms with Crippen molar-refractivity contribution in [2.45, 2.75) is 98.7 Å². The Morgan fingerprint density at radius 3 is 2.27 bits per heavy atom. The summed E-state index contributed by atoms with van der Waals surface area (Å²) in [5.41, 5.74) is -0.129. The molecule has 3 heterocycles. The SMILES string of the molecule is CO[C@H]1C=CO[C@@]2(C)Oc3c(C)c(O)c4c(O)c(c(CNCc5ccccc5F)c(O)c4c3C2=O)NC(=O)/C(C)=C\C=C/[C@H](C)[C@H](O)[C@@H](C)[C@@H](O)[C@@H](C)[C@H](OC(C)=O)[C@@H]1C. The van der Waals surface area contributed by atoms with Crippen molar-refractivity contribution in [2.75, 3.05) is 12.4 Å². The Morgan fingerprint density at radius 2 is 1.62 bits per heavy atom. The topological polar surface area (TPSA) is 213 Å². The number of halogens is 1. The molecule has 0 unspecified atom stereocenters. The van der Waals surface area contributed by atoms with Gasteiger partial charge >= 0.3 is 11.8 Å². The molecule has 0 radical (unpaired) electrons. The number of esters is 1. The summed E-state index contributed by atoms with van der Waals surface area (Å²) in [6.45, 7) is 12.1. The first-order chi connectivity index (χ1) is 28.2. The molecule has 15 heteroatoms. The number of carbonyl (C=O) groups is 3. The smallest absolute Gasteiger partial charge is 0.312 e. The van der Waals surface area contributed by atoms with Crippen LogP contribution in [0.3, 0.4) is 0 Å². The van der Waals surface area contributed by atoms with Gasteiger partial charge < -0.3 is 55.1 Å². The molecule has 6 rings (SSSR count). The third-order valence-electron chi connectivity index (χ3n) is 11.7. The number of anilines is 1. The van der Waals surface area contributed by atoms with Crippen molar-refractivity contribution in [3.63, 3.8) is 0 Å². The van der Waals surface area contributed by atoms with Crippen molar-refractivity contribution < 1.29 is 63.3 Å². The van der Waals surface area contributed by atoms with Gasteiger partial charge in [0.2, 0.25) is 0 Å². The second kappa shape index (κ2) is 18.4. The monoisotopic (exact) mass is 834 g/mol. The Bertz CT molecular complexity index is 2240. The highest BCUT2D eigenvalue weighted by Crippen LogP contribution is 2.55. The number of hydrogen-bond acceptors (Lipinski definition) is 13. The number of ether oxygens (including phenoxy) is 4. The van der Waals surface area contributed by atoms with E-state index in [1.165, 1.54) is 65.4 Å². The fourth-order valence-corrected chi connectivity index (χ4v) is 7.92. The number of benzene rings is 3. The Hall–Kier alpha value is -5.48. The van der Waals surface area contributed by atoms with Gasteiger partial charge in [0, 0.05) is 85.4 Å². The number of aromatic hydroxyl groups is 3. The Balaban J connectivity index is 1.69. The number of amides is 1. The number of aliphatic hydroxyl groups excluding tert-OH is 2. The Morgan fingerprint density at radius 1 is 0.933 bits per heavy atom. The number of phenolic OH excluding ortho intramolecular Hbond substituents is 3. The van der Waals surface area contributed by atoms with Crippen LogP contribution in [0.15, 0.2) is 60.4 Å². The van der Waals surface area contributed by atoms with E-state index in [-0.39, 0.29) is 57.6 Å². The zero-order valence-electron chi connectivity index (χ0n) is 35.2. The number of phenols is 3. The second-order valence-corrected chi connectivity index (χ2v) is 15.9. The molecule has 3 aromatic rings. The average Bonchev–Trinajstić information content (AvgIpc) is 3.47. The van der Waals surface area contributed by atoms with Crippen LogP contribution < -0.4 is 15.4 Å². The molecule has 0 fully saturated rings. The lowest BCUT2D eigenvalue weighted by Crippen LogP contribution is -2.46. The van der Waals surface area contributed by atoms with Crippen LogP contribution >= 0.6 is 0 Å². The normalized spacial score (nSPS) is 29.1. The molecule has 0 aromatic heterocycles. The number of carbonyl (C=O) groups excluding carboxylic acids is 3. The number of Topliss-reactive ketones (excluding diaryl/α,β-unsaturated/α-hetero) is 1. The number of aliphatic hydroxyl groups is 2. The van der Waals surface area contributed by atoms with Gasteiger partial charge in [0.05, 0.1) is 41.2 Å². The molecule has 7 N–H and O–H groups in total. The van der Waals surface area contributed by atoms with Gasteiger partial charge in [-0.05, 0) is 26.0 Å². The highest BCUT2D eigenvalue weighted by Gasteiger charge is 2.50. The standard InChI is InChI=1S/C45H55FN2O12/c1-21-13-12-14-22(2)44(56)48-35-29(20-47-19-28-15-10-11-16-30(28)46)39(53)32-33(40(35)54)38(52)26(6)42-34(32)43(55)45(8,60-42)58-18-17-31(57-9)23(3)41(59-27(7)49)25(5)37(51)24(4)36(21)50/h10-18,21,23-25,31,36-37,41,47,50-54H,19-20H2,1-9H3,(H,48,56)/b13-12-,18-17?,22-14-/t21-,23+,24+,25+,31-,36-,37+,41+,45-/m0/s1. The van der Waals surface area contributed by atoms with Gasteiger partial charge in [0.25, 0.3) is 11.7 Å². The molecule has 3 aromatic carbocycles. The fourth-order valence-electron chi connectivity index (χ4n) is 7.92. The summed E-state index contributed by atoms with van der Waals surface area (Å²) in [5.74, 6) is -9.14. The van der Waals surface area contributed by atoms with E-state index in [9.17, 15) is 44.3 Å². The van der Waals surface area contributed by atoms with E-state index in [0.717, 1.165) is 0 Å². The van der Waals surface area contributed by atoms with Crippen molar-refractivity contribution in [3.05, 3.63) is 88.5 Å². The number of methoxy groups -OCH3 is 1. The first-order valence-corrected chi connectivity index (χ1v) is 19.8. The molecular weight excluding hydrogens is 779 g/mol. The molecule has 0 saturated heterocycles. The molecule has 1 amide bonds. The van der Waals surface area contributed by atoms with Crippen LogP contribution in [0.1, 0.15) is 75.5 Å². The van der Waals surface area contributed by atoms with E-state index in [1.54, 1.807) is 52.0 Å². The third kappa shape index (κ3) is 8.85. The first kappa shape index (κ1) is 45.6. The zero-order valence-corrected chi connectivity index (χ0v) is 35.2. The predicted molar refractivity (Wildman–Crippen MR) is 221 cm³/mol. The van der Waals surface area contributed by atoms with Gasteiger partial charge in [0.1, 0.15) is 29.2 Å². The largest absolute Gasteiger partial charge is 0.507 e. The summed E-state index contributed by atoms with van der Waals surface area (Å²) in [6.07, 6.45) is 3.37. The molecule has 14 nitrogen and oxygen atoms in total. The van der Waals surface area contributed by atoms with Crippen LogP contribution in [-0.4, -0.2) is 80.5 Å². The number of fused-ring (bicyclic) bond motifs is 14. The highest BCUT2D eigenvalue weighted by molar-refractivity contribution is 6.22. The second-order valence-electron chi connectivity index (χ2n) is 15.9. The van der Waals surface area contributed by atoms with E-state index in [2.05, 4.69) is 10.6 Å². The van der Waals surface area contributed by atoms with Crippen LogP contribution in [-0.2, 0) is 36.9 Å². The van der Waals surface area contributed by atoms with Gasteiger partial charge in [-0.3, -0.25) is 14.4 Å². The first-order valence-electron chi connectivity index (χ1n) is 19.8. The highest BCUT2D eigenvalue weighted by atomic mass is 19.1. The number of ketones is 1. The summed E-state index contributed by atoms with van der Waals surface area (Å²) < 4.78 is 38.1. The number of nitrogens with one attached hydrogen (secondary N) is 2. The summed E-state index contributed by atoms with van der Waals surface area (Å²) >= 11 is 0. The zero-order chi connectivity index (χ0) is 44.4. The molecule has 3 aliphatic rings. The molecule has 0 aliphatic carbocycles. The lowest BCUT2D eigenvalue weighted by Gasteiger charge is -2.38. The summed E-state index contributed by atoms with van der Waals surface area (Å²) in [4.78, 5) is 40.5. The average molecular weight is 835 g/mol. The lowest BCUT2D eigenvalue weighted by molar-refractivity contribution is -0.160. The molecule has 5 bridgehead atoms. The van der Waals surface area contributed by atoms with Gasteiger partial charge in [-0.15, -0.1) is 0 Å². The van der Waals surface area contributed by atoms with Crippen LogP contribution in [0, 0.1) is 36.4 Å². The quantitative estimate of drug-likeness (QED) is 0.0841. The van der Waals surface area contributed by atoms with Crippen molar-refractivity contribution in [2.24, 2.45) is 23.7 Å². The number of hydrogen-bond donors (Lipinski definition) is 7. The van der Waals surface area contributed by atoms with Gasteiger partial charge in [-0.1, -0.05) is 64.1 Å². The molecule has 0 saturated carbocycles. The summed E-state index contributed by atoms with van der Waals surface area (Å²) in [7, 11) is 1.42. The van der Waals surface area contributed by atoms with Crippen LogP contribution in [0.2, 0.25) is 0 Å². The molecule has 0 spiro atoms. The molecule has 60 heavy (non-hydrogen) atoms. The van der Waals surface area contributed by atoms with E-state index < -0.39 is 94.6 Å². The van der Waals surface area contributed by atoms with Gasteiger partial charge in [-0.25, -0.2) is 4.39 Å². The minimum atomic E-state index is -2.08. The van der Waals surface area contributed by atoms with Crippen molar-refractivity contribution >= 4 is 34.1 Å². The van der Waals surface area contributed by atoms with Crippen molar-refractivity contribution in [3.8, 4) is 23.0 Å². The minimum absolute atomic E-state index is 0.0250. The Labute approximate surface area is 348 Å². The summed E-state index contributed by atoms with van der Waals surface area (Å²) in [6, 6.07) is 6.04. The Kier molecular flexibility index (Phi) is 14.0. The maximum atomic E-state index is 14.6. The maximum absolute atomic E-state index is 14.6. The molecule has 3 aliphatic heterocycles. The van der Waals surface area contributed by atoms with E-state index in [1.807, 2.05) is 0 Å². The fraction of sp³-hybridized carbons (Fsp3) is 0.444. The third-order valence-corrected chi connectivity index (χ3v) is 11.7. The minimum Gasteiger partial charge on any atom is -0.507 e. The van der Waals surface area contributed by atoms with E-state index in [4.69, 9.17) is 18.9 Å². The van der Waals surface area contributed by atoms with Crippen molar-refractivity contribution in [1.82, 2.24) is 5.32 Å². The van der Waals surface area contributed by atoms with Crippen molar-refractivity contribution in [1.29, 1.82) is 0 Å². The van der Waals surface area contributed by atoms with Gasteiger partial charge in [-0.2, -0.15) is 0 Å². The number of rotatable bonds is 6. The maximum Gasteiger partial charge on any atom is 0.312 e. The summed E-state index contributed by atoms with van der Waals surface area (Å²) in [5, 5.41) is 63.4.